The fourth-order valence-electron chi connectivity index (χ4n) is 3.66. The van der Waals surface area contributed by atoms with E-state index in [1.165, 1.54) is 0 Å². The number of halogens is 1. The summed E-state index contributed by atoms with van der Waals surface area (Å²) >= 11 is 6.01. The van der Waals surface area contributed by atoms with Crippen molar-refractivity contribution in [3.8, 4) is 0 Å². The van der Waals surface area contributed by atoms with Crippen LogP contribution in [0.15, 0.2) is 24.3 Å². The molecule has 0 aliphatic carbocycles. The first kappa shape index (κ1) is 24.2. The van der Waals surface area contributed by atoms with Crippen LogP contribution >= 0.6 is 11.6 Å². The summed E-state index contributed by atoms with van der Waals surface area (Å²) in [7, 11) is -3.19. The molecule has 0 aromatic heterocycles. The molecule has 164 valence electrons. The Morgan fingerprint density at radius 2 is 1.79 bits per heavy atom. The van der Waals surface area contributed by atoms with E-state index >= 15 is 0 Å². The number of unbranched alkanes of at least 4 members (excludes halogenated alkanes) is 1. The maximum Gasteiger partial charge on any atom is 0.223 e. The molecule has 7 heteroatoms. The summed E-state index contributed by atoms with van der Waals surface area (Å²) in [4.78, 5) is 12.9. The largest absolute Gasteiger partial charge is 0.349 e. The predicted octanol–water partition coefficient (Wildman–Crippen LogP) is 4.78. The number of benzene rings is 1. The Hall–Kier alpha value is -1.11. The zero-order chi connectivity index (χ0) is 21.4. The first-order valence-corrected chi connectivity index (χ1v) is 12.7. The lowest BCUT2D eigenvalue weighted by Crippen LogP contribution is -2.44. The van der Waals surface area contributed by atoms with Crippen molar-refractivity contribution in [3.63, 3.8) is 0 Å². The number of piperidine rings is 1. The molecule has 2 rings (SSSR count). The van der Waals surface area contributed by atoms with Crippen LogP contribution < -0.4 is 5.32 Å². The van der Waals surface area contributed by atoms with Crippen molar-refractivity contribution in [1.82, 2.24) is 9.62 Å². The van der Waals surface area contributed by atoms with E-state index in [9.17, 15) is 13.2 Å². The third-order valence-electron chi connectivity index (χ3n) is 5.60. The van der Waals surface area contributed by atoms with Gasteiger partial charge in [-0.25, -0.2) is 12.7 Å². The number of hydrogen-bond donors (Lipinski definition) is 1. The molecule has 1 aromatic rings. The van der Waals surface area contributed by atoms with E-state index in [4.69, 9.17) is 11.6 Å². The summed E-state index contributed by atoms with van der Waals surface area (Å²) in [5.41, 5.74) is 1.06. The Labute approximate surface area is 181 Å². The van der Waals surface area contributed by atoms with Crippen LogP contribution in [0.2, 0.25) is 5.02 Å². The third-order valence-corrected chi connectivity index (χ3v) is 7.80. The van der Waals surface area contributed by atoms with Crippen molar-refractivity contribution in [1.29, 1.82) is 0 Å². The van der Waals surface area contributed by atoms with Crippen molar-refractivity contribution < 1.29 is 13.2 Å². The molecule has 0 spiro atoms. The molecular weight excluding hydrogens is 408 g/mol. The first-order valence-electron chi connectivity index (χ1n) is 10.8. The number of hydrogen-bond acceptors (Lipinski definition) is 3. The molecule has 1 amide bonds. The van der Waals surface area contributed by atoms with Gasteiger partial charge in [-0.05, 0) is 55.7 Å². The topological polar surface area (TPSA) is 66.5 Å². The minimum Gasteiger partial charge on any atom is -0.349 e. The molecule has 1 atom stereocenters. The molecule has 1 aromatic carbocycles. The summed E-state index contributed by atoms with van der Waals surface area (Å²) in [6, 6.07) is 7.59. The lowest BCUT2D eigenvalue weighted by molar-refractivity contribution is -0.127. The van der Waals surface area contributed by atoms with E-state index in [0.29, 0.717) is 43.3 Å². The third kappa shape index (κ3) is 7.58. The van der Waals surface area contributed by atoms with Crippen LogP contribution in [0.1, 0.15) is 70.9 Å². The quantitative estimate of drug-likeness (QED) is 0.567. The monoisotopic (exact) mass is 442 g/mol. The number of amides is 1. The van der Waals surface area contributed by atoms with Crippen LogP contribution in [-0.2, 0) is 14.8 Å². The van der Waals surface area contributed by atoms with Gasteiger partial charge < -0.3 is 5.32 Å². The van der Waals surface area contributed by atoms with Crippen LogP contribution in [0, 0.1) is 11.8 Å². The van der Waals surface area contributed by atoms with Gasteiger partial charge in [-0.3, -0.25) is 4.79 Å². The lowest BCUT2D eigenvalue weighted by atomic mass is 9.94. The first-order chi connectivity index (χ1) is 13.7. The Balaban J connectivity index is 1.96. The smallest absolute Gasteiger partial charge is 0.223 e. The number of rotatable bonds is 10. The summed E-state index contributed by atoms with van der Waals surface area (Å²) in [6.07, 6.45) is 4.59. The highest BCUT2D eigenvalue weighted by Crippen LogP contribution is 2.26. The molecule has 1 aliphatic heterocycles. The normalized spacial score (nSPS) is 17.4. The summed E-state index contributed by atoms with van der Waals surface area (Å²) in [6.45, 7) is 7.21. The minimum absolute atomic E-state index is 0.0271. The van der Waals surface area contributed by atoms with Crippen molar-refractivity contribution in [3.05, 3.63) is 34.9 Å². The number of nitrogens with one attached hydrogen (secondary N) is 1. The van der Waals surface area contributed by atoms with Gasteiger partial charge in [-0.2, -0.15) is 0 Å². The van der Waals surface area contributed by atoms with Gasteiger partial charge in [0, 0.05) is 24.0 Å². The van der Waals surface area contributed by atoms with E-state index in [2.05, 4.69) is 19.2 Å². The molecule has 0 bridgehead atoms. The highest BCUT2D eigenvalue weighted by molar-refractivity contribution is 7.89. The van der Waals surface area contributed by atoms with Gasteiger partial charge in [0.05, 0.1) is 11.8 Å². The number of carbonyl (C=O) groups excluding carboxylic acids is 1. The molecule has 29 heavy (non-hydrogen) atoms. The molecule has 1 N–H and O–H groups in total. The van der Waals surface area contributed by atoms with Gasteiger partial charge in [-0.15, -0.1) is 0 Å². The molecule has 5 nitrogen and oxygen atoms in total. The summed E-state index contributed by atoms with van der Waals surface area (Å²) in [5, 5.41) is 3.90. The fraction of sp³-hybridized carbons (Fsp3) is 0.682. The standard InChI is InChI=1S/C22H35ClN2O3S/c1-4-5-16-29(27,28)25-14-12-19(13-15-25)22(26)24-21(11-6-17(2)3)18-7-9-20(23)10-8-18/h7-10,17,19,21H,4-6,11-16H2,1-3H3,(H,24,26). The fourth-order valence-corrected chi connectivity index (χ4v) is 5.46. The van der Waals surface area contributed by atoms with Gasteiger partial charge in [0.15, 0.2) is 0 Å². The van der Waals surface area contributed by atoms with Crippen LogP contribution in [0.5, 0.6) is 0 Å². The van der Waals surface area contributed by atoms with Crippen LogP contribution in [0.25, 0.3) is 0 Å². The van der Waals surface area contributed by atoms with Crippen LogP contribution in [0.4, 0.5) is 0 Å². The van der Waals surface area contributed by atoms with Crippen molar-refractivity contribution in [2.24, 2.45) is 11.8 Å². The molecule has 1 unspecified atom stereocenters. The van der Waals surface area contributed by atoms with Crippen LogP contribution in [-0.4, -0.2) is 37.5 Å². The predicted molar refractivity (Wildman–Crippen MR) is 119 cm³/mol. The van der Waals surface area contributed by atoms with E-state index in [1.54, 1.807) is 4.31 Å². The number of sulfonamides is 1. The second kappa shape index (κ2) is 11.3. The second-order valence-electron chi connectivity index (χ2n) is 8.43. The highest BCUT2D eigenvalue weighted by Gasteiger charge is 2.31. The Morgan fingerprint density at radius 3 is 2.34 bits per heavy atom. The van der Waals surface area contributed by atoms with Crippen molar-refractivity contribution in [2.45, 2.75) is 65.3 Å². The Kier molecular flexibility index (Phi) is 9.44. The minimum atomic E-state index is -3.19. The summed E-state index contributed by atoms with van der Waals surface area (Å²) in [5.74, 6) is 0.646. The zero-order valence-corrected chi connectivity index (χ0v) is 19.4. The van der Waals surface area contributed by atoms with Crippen molar-refractivity contribution >= 4 is 27.5 Å². The van der Waals surface area contributed by atoms with Gasteiger partial charge in [-0.1, -0.05) is 50.9 Å². The van der Waals surface area contributed by atoms with Gasteiger partial charge >= 0.3 is 0 Å². The zero-order valence-electron chi connectivity index (χ0n) is 17.9. The summed E-state index contributed by atoms with van der Waals surface area (Å²) < 4.78 is 26.3. The number of nitrogens with zero attached hydrogens (tertiary/aromatic N) is 1. The average molecular weight is 443 g/mol. The Morgan fingerprint density at radius 1 is 1.17 bits per heavy atom. The van der Waals surface area contributed by atoms with Gasteiger partial charge in [0.1, 0.15) is 0 Å². The molecule has 1 heterocycles. The molecule has 1 fully saturated rings. The maximum atomic E-state index is 12.9. The van der Waals surface area contributed by atoms with Gasteiger partial charge in [0.2, 0.25) is 15.9 Å². The van der Waals surface area contributed by atoms with E-state index in [-0.39, 0.29) is 23.6 Å². The number of carbonyl (C=O) groups is 1. The molecule has 0 radical (unpaired) electrons. The van der Waals surface area contributed by atoms with E-state index in [0.717, 1.165) is 24.8 Å². The molecule has 1 saturated heterocycles. The molecular formula is C22H35ClN2O3S. The second-order valence-corrected chi connectivity index (χ2v) is 11.0. The van der Waals surface area contributed by atoms with Gasteiger partial charge in [0.25, 0.3) is 0 Å². The maximum absolute atomic E-state index is 12.9. The van der Waals surface area contributed by atoms with Crippen molar-refractivity contribution in [2.75, 3.05) is 18.8 Å². The van der Waals surface area contributed by atoms with E-state index in [1.807, 2.05) is 31.2 Å². The highest BCUT2D eigenvalue weighted by atomic mass is 35.5. The Bertz CT molecular complexity index is 742. The van der Waals surface area contributed by atoms with Crippen LogP contribution in [0.3, 0.4) is 0 Å². The SMILES string of the molecule is CCCCS(=O)(=O)N1CCC(C(=O)NC(CCC(C)C)c2ccc(Cl)cc2)CC1. The average Bonchev–Trinajstić information content (AvgIpc) is 2.70. The molecule has 1 aliphatic rings. The van der Waals surface area contributed by atoms with E-state index < -0.39 is 10.0 Å². The lowest BCUT2D eigenvalue weighted by Gasteiger charge is -2.31. The molecule has 0 saturated carbocycles.